The Kier molecular flexibility index (Phi) is 2.39. The summed E-state index contributed by atoms with van der Waals surface area (Å²) in [5.74, 6) is -0.130. The number of halogens is 2. The van der Waals surface area contributed by atoms with E-state index < -0.39 is 0 Å². The van der Waals surface area contributed by atoms with Gasteiger partial charge in [0.25, 0.3) is 0 Å². The van der Waals surface area contributed by atoms with Crippen molar-refractivity contribution in [2.24, 2.45) is 0 Å². The highest BCUT2D eigenvalue weighted by molar-refractivity contribution is 9.10. The Bertz CT molecular complexity index is 447. The molecule has 3 heteroatoms. The Hall–Kier alpha value is -0.410. The summed E-state index contributed by atoms with van der Waals surface area (Å²) in [6, 6.07) is 3.49. The van der Waals surface area contributed by atoms with Crippen molar-refractivity contribution >= 4 is 37.4 Å². The maximum absolute atomic E-state index is 13.4. The zero-order valence-corrected chi connectivity index (χ0v) is 9.51. The summed E-state index contributed by atoms with van der Waals surface area (Å²) in [6.07, 6.45) is 0.954. The molecule has 68 valence electrons. The monoisotopic (exact) mass is 258 g/mol. The van der Waals surface area contributed by atoms with Crippen molar-refractivity contribution in [1.82, 2.24) is 0 Å². The number of benzene rings is 1. The van der Waals surface area contributed by atoms with E-state index in [9.17, 15) is 4.39 Å². The minimum atomic E-state index is -0.130. The van der Waals surface area contributed by atoms with E-state index in [0.29, 0.717) is 0 Å². The van der Waals surface area contributed by atoms with Gasteiger partial charge >= 0.3 is 0 Å². The summed E-state index contributed by atoms with van der Waals surface area (Å²) < 4.78 is 15.0. The molecule has 2 aromatic rings. The molecule has 0 amide bonds. The molecule has 0 spiro atoms. The third kappa shape index (κ3) is 1.51. The second-order valence-corrected chi connectivity index (χ2v) is 4.67. The molecule has 0 bridgehead atoms. The highest BCUT2D eigenvalue weighted by Crippen LogP contribution is 2.31. The van der Waals surface area contributed by atoms with Crippen LogP contribution in [0, 0.1) is 5.82 Å². The van der Waals surface area contributed by atoms with Crippen LogP contribution in [0.5, 0.6) is 0 Å². The van der Waals surface area contributed by atoms with Crippen molar-refractivity contribution in [3.63, 3.8) is 0 Å². The first-order valence-corrected chi connectivity index (χ1v) is 5.74. The van der Waals surface area contributed by atoms with Gasteiger partial charge in [-0.2, -0.15) is 0 Å². The van der Waals surface area contributed by atoms with E-state index in [-0.39, 0.29) is 5.82 Å². The van der Waals surface area contributed by atoms with Gasteiger partial charge in [-0.25, -0.2) is 4.39 Å². The van der Waals surface area contributed by atoms with Gasteiger partial charge in [0, 0.05) is 4.47 Å². The van der Waals surface area contributed by atoms with Gasteiger partial charge in [-0.1, -0.05) is 22.9 Å². The zero-order valence-electron chi connectivity index (χ0n) is 7.10. The smallest absolute Gasteiger partial charge is 0.142 e. The lowest BCUT2D eigenvalue weighted by Gasteiger charge is -1.96. The number of thiophene rings is 1. The Morgan fingerprint density at radius 2 is 2.23 bits per heavy atom. The largest absolute Gasteiger partial charge is 0.205 e. The Morgan fingerprint density at radius 1 is 1.46 bits per heavy atom. The number of rotatable bonds is 1. The van der Waals surface area contributed by atoms with Crippen LogP contribution < -0.4 is 0 Å². The van der Waals surface area contributed by atoms with Crippen molar-refractivity contribution in [2.45, 2.75) is 13.3 Å². The van der Waals surface area contributed by atoms with Gasteiger partial charge in [0.1, 0.15) is 5.82 Å². The van der Waals surface area contributed by atoms with E-state index in [1.165, 1.54) is 23.0 Å². The van der Waals surface area contributed by atoms with Gasteiger partial charge in [0.05, 0.1) is 4.70 Å². The first-order chi connectivity index (χ1) is 6.22. The van der Waals surface area contributed by atoms with Crippen LogP contribution in [0.25, 0.3) is 10.1 Å². The van der Waals surface area contributed by atoms with E-state index in [0.717, 1.165) is 21.0 Å². The number of aryl methyl sites for hydroxylation is 1. The molecule has 0 radical (unpaired) electrons. The Morgan fingerprint density at radius 3 is 2.92 bits per heavy atom. The molecule has 2 rings (SSSR count). The van der Waals surface area contributed by atoms with E-state index in [4.69, 9.17) is 0 Å². The molecule has 0 aliphatic carbocycles. The molecule has 0 saturated carbocycles. The van der Waals surface area contributed by atoms with E-state index in [2.05, 4.69) is 22.9 Å². The van der Waals surface area contributed by atoms with Gasteiger partial charge < -0.3 is 0 Å². The van der Waals surface area contributed by atoms with E-state index in [1.807, 2.05) is 11.4 Å². The second-order valence-electron chi connectivity index (χ2n) is 2.88. The van der Waals surface area contributed by atoms with E-state index in [1.54, 1.807) is 0 Å². The van der Waals surface area contributed by atoms with Gasteiger partial charge in [-0.3, -0.25) is 0 Å². The second kappa shape index (κ2) is 3.39. The number of fused-ring (bicyclic) bond motifs is 1. The van der Waals surface area contributed by atoms with Gasteiger partial charge in [-0.15, -0.1) is 11.3 Å². The molecule has 0 fully saturated rings. The lowest BCUT2D eigenvalue weighted by atomic mass is 10.1. The average molecular weight is 259 g/mol. The van der Waals surface area contributed by atoms with Crippen LogP contribution in [0.1, 0.15) is 12.5 Å². The van der Waals surface area contributed by atoms with Crippen LogP contribution in [0.4, 0.5) is 4.39 Å². The summed E-state index contributed by atoms with van der Waals surface area (Å²) in [4.78, 5) is 0. The fraction of sp³-hybridized carbons (Fsp3) is 0.200. The quantitative estimate of drug-likeness (QED) is 0.713. The molecule has 0 N–H and O–H groups in total. The van der Waals surface area contributed by atoms with Crippen LogP contribution in [0.15, 0.2) is 22.0 Å². The SMILES string of the molecule is CCc1csc2c(F)cc(Br)cc12. The summed E-state index contributed by atoms with van der Waals surface area (Å²) >= 11 is 4.77. The summed E-state index contributed by atoms with van der Waals surface area (Å²) in [7, 11) is 0. The number of hydrogen-bond acceptors (Lipinski definition) is 1. The molecular weight excluding hydrogens is 251 g/mol. The molecule has 1 heterocycles. The summed E-state index contributed by atoms with van der Waals surface area (Å²) in [5, 5.41) is 3.07. The van der Waals surface area contributed by atoms with Crippen molar-refractivity contribution in [3.05, 3.63) is 33.4 Å². The predicted octanol–water partition coefficient (Wildman–Crippen LogP) is 4.37. The topological polar surface area (TPSA) is 0 Å². The first-order valence-electron chi connectivity index (χ1n) is 4.07. The Balaban J connectivity index is 2.82. The Labute approximate surface area is 88.5 Å². The predicted molar refractivity (Wildman–Crippen MR) is 58.9 cm³/mol. The normalized spacial score (nSPS) is 11.0. The fourth-order valence-corrected chi connectivity index (χ4v) is 2.86. The molecule has 0 aliphatic heterocycles. The average Bonchev–Trinajstić information content (AvgIpc) is 2.47. The maximum Gasteiger partial charge on any atom is 0.142 e. The third-order valence-corrected chi connectivity index (χ3v) is 3.57. The summed E-state index contributed by atoms with van der Waals surface area (Å²) in [5.41, 5.74) is 1.22. The standard InChI is InChI=1S/C10H8BrFS/c1-2-6-5-13-10-8(6)3-7(11)4-9(10)12/h3-5H,2H2,1H3. The minimum Gasteiger partial charge on any atom is -0.205 e. The van der Waals surface area contributed by atoms with Gasteiger partial charge in [0.2, 0.25) is 0 Å². The fourth-order valence-electron chi connectivity index (χ4n) is 1.39. The maximum atomic E-state index is 13.4. The lowest BCUT2D eigenvalue weighted by Crippen LogP contribution is -1.78. The lowest BCUT2D eigenvalue weighted by molar-refractivity contribution is 0.641. The molecule has 0 saturated heterocycles. The van der Waals surface area contributed by atoms with Crippen molar-refractivity contribution in [2.75, 3.05) is 0 Å². The molecule has 0 nitrogen and oxygen atoms in total. The van der Waals surface area contributed by atoms with Crippen LogP contribution in [-0.4, -0.2) is 0 Å². The molecule has 0 unspecified atom stereocenters. The molecular formula is C10H8BrFS. The van der Waals surface area contributed by atoms with Gasteiger partial charge in [0.15, 0.2) is 0 Å². The molecule has 0 aliphatic rings. The van der Waals surface area contributed by atoms with Gasteiger partial charge in [-0.05, 0) is 34.9 Å². The highest BCUT2D eigenvalue weighted by atomic mass is 79.9. The third-order valence-electron chi connectivity index (χ3n) is 2.05. The van der Waals surface area contributed by atoms with Crippen molar-refractivity contribution in [3.8, 4) is 0 Å². The first kappa shape index (κ1) is 9.16. The molecule has 1 aromatic heterocycles. The van der Waals surface area contributed by atoms with Crippen LogP contribution in [-0.2, 0) is 6.42 Å². The van der Waals surface area contributed by atoms with Crippen LogP contribution in [0.2, 0.25) is 0 Å². The molecule has 13 heavy (non-hydrogen) atoms. The molecule has 1 aromatic carbocycles. The van der Waals surface area contributed by atoms with Crippen LogP contribution in [0.3, 0.4) is 0 Å². The van der Waals surface area contributed by atoms with E-state index >= 15 is 0 Å². The minimum absolute atomic E-state index is 0.130. The van der Waals surface area contributed by atoms with Crippen molar-refractivity contribution in [1.29, 1.82) is 0 Å². The number of hydrogen-bond donors (Lipinski definition) is 0. The van der Waals surface area contributed by atoms with Crippen molar-refractivity contribution < 1.29 is 4.39 Å². The summed E-state index contributed by atoms with van der Waals surface area (Å²) in [6.45, 7) is 2.08. The zero-order chi connectivity index (χ0) is 9.42. The van der Waals surface area contributed by atoms with Crippen LogP contribution >= 0.6 is 27.3 Å². The highest BCUT2D eigenvalue weighted by Gasteiger charge is 2.07. The molecule has 0 atom stereocenters.